The van der Waals surface area contributed by atoms with Crippen molar-refractivity contribution in [3.05, 3.63) is 0 Å². The van der Waals surface area contributed by atoms with Crippen molar-refractivity contribution in [2.45, 2.75) is 25.8 Å². The molecule has 1 saturated heterocycles. The lowest BCUT2D eigenvalue weighted by atomic mass is 9.93. The first-order valence-electron chi connectivity index (χ1n) is 5.58. The van der Waals surface area contributed by atoms with Crippen molar-refractivity contribution in [1.82, 2.24) is 4.31 Å². The number of rotatable bonds is 4. The van der Waals surface area contributed by atoms with Gasteiger partial charge in [0.2, 0.25) is 10.0 Å². The summed E-state index contributed by atoms with van der Waals surface area (Å²) in [7, 11) is -2.86. The van der Waals surface area contributed by atoms with Crippen molar-refractivity contribution >= 4 is 22.0 Å². The number of methoxy groups -OCH3 is 1. The highest BCUT2D eigenvalue weighted by atomic mass is 32.2. The van der Waals surface area contributed by atoms with E-state index in [1.165, 1.54) is 0 Å². The fraction of sp³-hybridized carbons (Fsp3) is 0.800. The van der Waals surface area contributed by atoms with E-state index in [0.29, 0.717) is 12.8 Å². The third kappa shape index (κ3) is 3.20. The molecule has 0 aromatic carbocycles. The number of carbonyl (C=O) groups excluding carboxylic acids is 1. The summed E-state index contributed by atoms with van der Waals surface area (Å²) >= 11 is 0. The summed E-state index contributed by atoms with van der Waals surface area (Å²) in [5.74, 6) is -3.17. The molecule has 1 aliphatic heterocycles. The van der Waals surface area contributed by atoms with E-state index in [2.05, 4.69) is 4.74 Å². The second kappa shape index (κ2) is 5.66. The van der Waals surface area contributed by atoms with Crippen LogP contribution in [0.25, 0.3) is 0 Å². The minimum Gasteiger partial charge on any atom is -0.480 e. The maximum atomic E-state index is 12.0. The Hall–Kier alpha value is -1.15. The quantitative estimate of drug-likeness (QED) is 0.707. The Kier molecular flexibility index (Phi) is 4.69. The van der Waals surface area contributed by atoms with E-state index in [1.807, 2.05) is 0 Å². The lowest BCUT2D eigenvalue weighted by molar-refractivity contribution is -0.144. The third-order valence-electron chi connectivity index (χ3n) is 3.03. The zero-order chi connectivity index (χ0) is 13.9. The summed E-state index contributed by atoms with van der Waals surface area (Å²) in [5, 5.41) is 9.11. The van der Waals surface area contributed by atoms with E-state index in [-0.39, 0.29) is 12.5 Å². The molecule has 104 valence electrons. The number of ether oxygens (including phenoxy) is 1. The SMILES string of the molecule is COC(=O)CS(=O)(=O)N1CCCC(C)C1C(=O)O. The van der Waals surface area contributed by atoms with Crippen LogP contribution in [0.5, 0.6) is 0 Å². The molecule has 0 saturated carbocycles. The minimum atomic E-state index is -3.94. The fourth-order valence-corrected chi connectivity index (χ4v) is 3.75. The number of carboxylic acids is 1. The molecule has 0 bridgehead atoms. The zero-order valence-electron chi connectivity index (χ0n) is 10.3. The number of sulfonamides is 1. The van der Waals surface area contributed by atoms with Gasteiger partial charge in [-0.05, 0) is 18.8 Å². The number of hydrogen-bond acceptors (Lipinski definition) is 5. The average Bonchev–Trinajstić information content (AvgIpc) is 2.27. The molecule has 2 unspecified atom stereocenters. The standard InChI is InChI=1S/C10H17NO6S/c1-7-4-3-5-11(9(7)10(13)14)18(15,16)6-8(12)17-2/h7,9H,3-6H2,1-2H3,(H,13,14). The van der Waals surface area contributed by atoms with Crippen LogP contribution in [0.1, 0.15) is 19.8 Å². The summed E-state index contributed by atoms with van der Waals surface area (Å²) < 4.78 is 29.2. The van der Waals surface area contributed by atoms with E-state index in [9.17, 15) is 18.0 Å². The Balaban J connectivity index is 2.97. The highest BCUT2D eigenvalue weighted by Gasteiger charge is 2.41. The molecule has 7 nitrogen and oxygen atoms in total. The molecular weight excluding hydrogens is 262 g/mol. The van der Waals surface area contributed by atoms with Crippen molar-refractivity contribution in [3.8, 4) is 0 Å². The topological polar surface area (TPSA) is 101 Å². The van der Waals surface area contributed by atoms with Crippen molar-refractivity contribution < 1.29 is 27.9 Å². The van der Waals surface area contributed by atoms with Gasteiger partial charge in [0, 0.05) is 6.54 Å². The highest BCUT2D eigenvalue weighted by Crippen LogP contribution is 2.26. The lowest BCUT2D eigenvalue weighted by Gasteiger charge is -2.35. The number of piperidine rings is 1. The molecule has 1 N–H and O–H groups in total. The molecular formula is C10H17NO6S. The Bertz CT molecular complexity index is 432. The number of esters is 1. The van der Waals surface area contributed by atoms with Gasteiger partial charge in [0.1, 0.15) is 6.04 Å². The molecule has 1 fully saturated rings. The van der Waals surface area contributed by atoms with Gasteiger partial charge in [-0.1, -0.05) is 6.92 Å². The van der Waals surface area contributed by atoms with Crippen molar-refractivity contribution in [1.29, 1.82) is 0 Å². The third-order valence-corrected chi connectivity index (χ3v) is 4.75. The maximum absolute atomic E-state index is 12.0. The number of carboxylic acid groups (broad SMARTS) is 1. The van der Waals surface area contributed by atoms with Crippen molar-refractivity contribution in [2.75, 3.05) is 19.4 Å². The number of nitrogens with zero attached hydrogens (tertiary/aromatic N) is 1. The van der Waals surface area contributed by atoms with Gasteiger partial charge < -0.3 is 9.84 Å². The van der Waals surface area contributed by atoms with Gasteiger partial charge in [-0.25, -0.2) is 8.42 Å². The van der Waals surface area contributed by atoms with E-state index in [1.54, 1.807) is 6.92 Å². The first-order valence-corrected chi connectivity index (χ1v) is 7.19. The Morgan fingerprint density at radius 3 is 2.56 bits per heavy atom. The van der Waals surface area contributed by atoms with Crippen LogP contribution < -0.4 is 0 Å². The first-order chi connectivity index (χ1) is 8.29. The molecule has 18 heavy (non-hydrogen) atoms. The molecule has 0 amide bonds. The van der Waals surface area contributed by atoms with Gasteiger partial charge in [-0.3, -0.25) is 9.59 Å². The molecule has 2 atom stereocenters. The van der Waals surface area contributed by atoms with Crippen LogP contribution in [0.2, 0.25) is 0 Å². The molecule has 0 aromatic heterocycles. The average molecular weight is 279 g/mol. The highest BCUT2D eigenvalue weighted by molar-refractivity contribution is 7.89. The van der Waals surface area contributed by atoms with Crippen LogP contribution in [-0.2, 0) is 24.3 Å². The van der Waals surface area contributed by atoms with Crippen LogP contribution in [0.3, 0.4) is 0 Å². The van der Waals surface area contributed by atoms with Crippen LogP contribution in [0, 0.1) is 5.92 Å². The van der Waals surface area contributed by atoms with Crippen LogP contribution >= 0.6 is 0 Å². The molecule has 0 spiro atoms. The fourth-order valence-electron chi connectivity index (χ4n) is 2.12. The smallest absolute Gasteiger partial charge is 0.322 e. The predicted octanol–water partition coefficient (Wildman–Crippen LogP) is -0.326. The number of hydrogen-bond donors (Lipinski definition) is 1. The second-order valence-corrected chi connectivity index (χ2v) is 6.27. The van der Waals surface area contributed by atoms with Gasteiger partial charge >= 0.3 is 11.9 Å². The molecule has 0 radical (unpaired) electrons. The molecule has 1 rings (SSSR count). The Morgan fingerprint density at radius 1 is 1.44 bits per heavy atom. The van der Waals surface area contributed by atoms with E-state index < -0.39 is 33.8 Å². The summed E-state index contributed by atoms with van der Waals surface area (Å²) in [4.78, 5) is 22.2. The van der Waals surface area contributed by atoms with E-state index in [0.717, 1.165) is 11.4 Å². The zero-order valence-corrected chi connectivity index (χ0v) is 11.1. The minimum absolute atomic E-state index is 0.126. The van der Waals surface area contributed by atoms with Gasteiger partial charge in [0.05, 0.1) is 7.11 Å². The maximum Gasteiger partial charge on any atom is 0.322 e. The number of aliphatic carboxylic acids is 1. The second-order valence-electron chi connectivity index (χ2n) is 4.35. The summed E-state index contributed by atoms with van der Waals surface area (Å²) in [6.45, 7) is 1.82. The van der Waals surface area contributed by atoms with E-state index >= 15 is 0 Å². The van der Waals surface area contributed by atoms with Crippen LogP contribution in [-0.4, -0.2) is 55.2 Å². The molecule has 1 aliphatic rings. The van der Waals surface area contributed by atoms with Gasteiger partial charge in [0.25, 0.3) is 0 Å². The normalized spacial score (nSPS) is 25.7. The van der Waals surface area contributed by atoms with Crippen LogP contribution in [0.15, 0.2) is 0 Å². The largest absolute Gasteiger partial charge is 0.480 e. The van der Waals surface area contributed by atoms with Gasteiger partial charge in [-0.2, -0.15) is 4.31 Å². The summed E-state index contributed by atoms with van der Waals surface area (Å²) in [6, 6.07) is -1.10. The molecule has 8 heteroatoms. The van der Waals surface area contributed by atoms with Gasteiger partial charge in [0.15, 0.2) is 5.75 Å². The summed E-state index contributed by atoms with van der Waals surface area (Å²) in [5.41, 5.74) is 0. The lowest BCUT2D eigenvalue weighted by Crippen LogP contribution is -2.53. The van der Waals surface area contributed by atoms with Crippen LogP contribution in [0.4, 0.5) is 0 Å². The molecule has 1 heterocycles. The molecule has 0 aliphatic carbocycles. The van der Waals surface area contributed by atoms with E-state index in [4.69, 9.17) is 5.11 Å². The molecule has 0 aromatic rings. The Labute approximate surface area is 106 Å². The van der Waals surface area contributed by atoms with Crippen molar-refractivity contribution in [3.63, 3.8) is 0 Å². The number of carbonyl (C=O) groups is 2. The van der Waals surface area contributed by atoms with Gasteiger partial charge in [-0.15, -0.1) is 0 Å². The first kappa shape index (κ1) is 14.9. The monoisotopic (exact) mass is 279 g/mol. The summed E-state index contributed by atoms with van der Waals surface area (Å²) in [6.07, 6.45) is 1.24. The predicted molar refractivity (Wildman–Crippen MR) is 62.3 cm³/mol. The Morgan fingerprint density at radius 2 is 2.06 bits per heavy atom. The van der Waals surface area contributed by atoms with Crippen molar-refractivity contribution in [2.24, 2.45) is 5.92 Å².